The summed E-state index contributed by atoms with van der Waals surface area (Å²) in [6.07, 6.45) is 2.16. The fraction of sp³-hybridized carbons (Fsp3) is 0.500. The van der Waals surface area contributed by atoms with E-state index in [1.54, 1.807) is 7.11 Å². The molecule has 146 valence electrons. The third-order valence-corrected chi connectivity index (χ3v) is 5.01. The van der Waals surface area contributed by atoms with Crippen LogP contribution in [0.2, 0.25) is 0 Å². The zero-order chi connectivity index (χ0) is 19.4. The second-order valence-corrected chi connectivity index (χ2v) is 8.69. The second kappa shape index (κ2) is 8.78. The van der Waals surface area contributed by atoms with Crippen LogP contribution in [-0.4, -0.2) is 52.6 Å². The van der Waals surface area contributed by atoms with E-state index >= 15 is 0 Å². The van der Waals surface area contributed by atoms with E-state index in [4.69, 9.17) is 39.5 Å². The van der Waals surface area contributed by atoms with Crippen molar-refractivity contribution in [3.8, 4) is 17.1 Å². The lowest BCUT2D eigenvalue weighted by Gasteiger charge is -2.32. The molecule has 0 spiro atoms. The van der Waals surface area contributed by atoms with Crippen LogP contribution in [0.25, 0.3) is 11.4 Å². The minimum Gasteiger partial charge on any atom is -0.497 e. The Bertz CT molecular complexity index is 784. The number of nitrogens with zero attached hydrogens (tertiary/aromatic N) is 4. The largest absolute Gasteiger partial charge is 0.497 e. The van der Waals surface area contributed by atoms with Crippen molar-refractivity contribution in [2.45, 2.75) is 29.6 Å². The number of hydrogen-bond acceptors (Lipinski definition) is 6. The van der Waals surface area contributed by atoms with Gasteiger partial charge >= 0.3 is 0 Å². The predicted molar refractivity (Wildman–Crippen MR) is 110 cm³/mol. The maximum absolute atomic E-state index is 6.05. The molecule has 0 saturated carbocycles. The normalized spacial score (nSPS) is 18.3. The van der Waals surface area contributed by atoms with Gasteiger partial charge in [-0.25, -0.2) is 4.98 Å². The Hall–Kier alpha value is -1.34. The molecule has 1 N–H and O–H groups in total. The molecular weight excluding hydrogens is 409 g/mol. The highest BCUT2D eigenvalue weighted by Crippen LogP contribution is 2.37. The van der Waals surface area contributed by atoms with Crippen LogP contribution < -0.4 is 10.1 Å². The highest BCUT2D eigenvalue weighted by atomic mass is 35.6. The maximum atomic E-state index is 6.05. The molecule has 3 rings (SSSR count). The van der Waals surface area contributed by atoms with E-state index < -0.39 is 3.79 Å². The first-order valence-corrected chi connectivity index (χ1v) is 9.99. The van der Waals surface area contributed by atoms with E-state index in [-0.39, 0.29) is 11.9 Å². The molecule has 1 aliphatic heterocycles. The molecule has 27 heavy (non-hydrogen) atoms. The van der Waals surface area contributed by atoms with E-state index in [0.717, 1.165) is 38.0 Å². The van der Waals surface area contributed by atoms with Gasteiger partial charge < -0.3 is 15.0 Å². The lowest BCUT2D eigenvalue weighted by Crippen LogP contribution is -2.42. The van der Waals surface area contributed by atoms with Crippen molar-refractivity contribution in [3.63, 3.8) is 0 Å². The Morgan fingerprint density at radius 1 is 1.26 bits per heavy atom. The van der Waals surface area contributed by atoms with Crippen LogP contribution in [0.15, 0.2) is 24.3 Å². The molecule has 0 amide bonds. The molecule has 0 bridgehead atoms. The number of halogens is 3. The third-order valence-electron chi connectivity index (χ3n) is 4.50. The summed E-state index contributed by atoms with van der Waals surface area (Å²) in [5, 5.41) is 3.39. The summed E-state index contributed by atoms with van der Waals surface area (Å²) in [7, 11) is 1.61. The van der Waals surface area contributed by atoms with E-state index in [2.05, 4.69) is 32.1 Å². The summed E-state index contributed by atoms with van der Waals surface area (Å²) in [6.45, 7) is 5.22. The molecule has 1 saturated heterocycles. The number of piperidine rings is 1. The third kappa shape index (κ3) is 5.35. The SMILES string of the molecule is CCN1CCCC(Nc2nc(-c3cccc(OC)c3)nc(C(Cl)(Cl)Cl)n2)C1. The monoisotopic (exact) mass is 429 g/mol. The molecule has 1 unspecified atom stereocenters. The number of alkyl halides is 3. The summed E-state index contributed by atoms with van der Waals surface area (Å²) in [4.78, 5) is 15.6. The summed E-state index contributed by atoms with van der Waals surface area (Å²) in [5.41, 5.74) is 0.758. The van der Waals surface area contributed by atoms with Crippen LogP contribution in [0.4, 0.5) is 5.95 Å². The summed E-state index contributed by atoms with van der Waals surface area (Å²) in [6, 6.07) is 7.66. The standard InChI is InChI=1S/C18H22Cl3N5O/c1-3-26-9-5-7-13(11-26)22-17-24-15(23-16(25-17)18(19,20)21)12-6-4-8-14(10-12)27-2/h4,6,8,10,13H,3,5,7,9,11H2,1-2H3,(H,22,23,24,25). The summed E-state index contributed by atoms with van der Waals surface area (Å²) in [5.74, 6) is 1.62. The molecule has 9 heteroatoms. The number of aromatic nitrogens is 3. The number of hydrogen-bond donors (Lipinski definition) is 1. The average molecular weight is 431 g/mol. The minimum atomic E-state index is -1.74. The van der Waals surface area contributed by atoms with Gasteiger partial charge in [0.2, 0.25) is 9.74 Å². The minimum absolute atomic E-state index is 0.0889. The number of methoxy groups -OCH3 is 1. The zero-order valence-corrected chi connectivity index (χ0v) is 17.5. The first-order valence-electron chi connectivity index (χ1n) is 8.85. The van der Waals surface area contributed by atoms with Gasteiger partial charge in [-0.05, 0) is 38.1 Å². The van der Waals surface area contributed by atoms with Crippen LogP contribution >= 0.6 is 34.8 Å². The van der Waals surface area contributed by atoms with Gasteiger partial charge in [-0.15, -0.1) is 0 Å². The first kappa shape index (κ1) is 20.4. The smallest absolute Gasteiger partial charge is 0.250 e. The van der Waals surface area contributed by atoms with Crippen molar-refractivity contribution >= 4 is 40.8 Å². The molecule has 1 fully saturated rings. The Morgan fingerprint density at radius 2 is 2.07 bits per heavy atom. The van der Waals surface area contributed by atoms with Crippen molar-refractivity contribution in [2.24, 2.45) is 0 Å². The maximum Gasteiger partial charge on any atom is 0.250 e. The van der Waals surface area contributed by atoms with Gasteiger partial charge in [-0.2, -0.15) is 9.97 Å². The van der Waals surface area contributed by atoms with Crippen LogP contribution in [0.5, 0.6) is 5.75 Å². The van der Waals surface area contributed by atoms with E-state index in [1.807, 2.05) is 24.3 Å². The molecule has 1 atom stereocenters. The van der Waals surface area contributed by atoms with Crippen LogP contribution in [0.3, 0.4) is 0 Å². The molecule has 0 aliphatic carbocycles. The number of likely N-dealkylation sites (tertiary alicyclic amines) is 1. The van der Waals surface area contributed by atoms with Crippen molar-refractivity contribution in [2.75, 3.05) is 32.1 Å². The molecule has 1 aromatic carbocycles. The second-order valence-electron chi connectivity index (χ2n) is 6.41. The molecule has 1 aromatic heterocycles. The fourth-order valence-electron chi connectivity index (χ4n) is 3.10. The van der Waals surface area contributed by atoms with E-state index in [9.17, 15) is 0 Å². The molecule has 2 heterocycles. The van der Waals surface area contributed by atoms with Crippen molar-refractivity contribution in [1.82, 2.24) is 19.9 Å². The number of likely N-dealkylation sites (N-methyl/N-ethyl adjacent to an activating group) is 1. The van der Waals surface area contributed by atoms with Crippen LogP contribution in [0.1, 0.15) is 25.6 Å². The number of nitrogens with one attached hydrogen (secondary N) is 1. The van der Waals surface area contributed by atoms with Crippen LogP contribution in [-0.2, 0) is 3.79 Å². The molecule has 2 aromatic rings. The Labute approximate surface area is 174 Å². The van der Waals surface area contributed by atoms with Gasteiger partial charge in [0.15, 0.2) is 11.6 Å². The Morgan fingerprint density at radius 3 is 2.78 bits per heavy atom. The number of benzene rings is 1. The highest BCUT2D eigenvalue weighted by molar-refractivity contribution is 6.66. The summed E-state index contributed by atoms with van der Waals surface area (Å²) >= 11 is 18.2. The van der Waals surface area contributed by atoms with Gasteiger partial charge in [0, 0.05) is 18.2 Å². The average Bonchev–Trinajstić information content (AvgIpc) is 2.67. The van der Waals surface area contributed by atoms with Crippen LogP contribution in [0, 0.1) is 0 Å². The quantitative estimate of drug-likeness (QED) is 0.715. The van der Waals surface area contributed by atoms with Gasteiger partial charge in [-0.1, -0.05) is 53.9 Å². The van der Waals surface area contributed by atoms with Gasteiger partial charge in [0.1, 0.15) is 5.75 Å². The lowest BCUT2D eigenvalue weighted by atomic mass is 10.1. The molecule has 0 radical (unpaired) electrons. The van der Waals surface area contributed by atoms with E-state index in [1.165, 1.54) is 0 Å². The van der Waals surface area contributed by atoms with Gasteiger partial charge in [-0.3, -0.25) is 0 Å². The highest BCUT2D eigenvalue weighted by Gasteiger charge is 2.29. The number of anilines is 1. The molecule has 6 nitrogen and oxygen atoms in total. The molecular formula is C18H22Cl3N5O. The first-order chi connectivity index (χ1) is 12.9. The predicted octanol–water partition coefficient (Wildman–Crippen LogP) is 4.27. The lowest BCUT2D eigenvalue weighted by molar-refractivity contribution is 0.226. The van der Waals surface area contributed by atoms with Gasteiger partial charge in [0.05, 0.1) is 7.11 Å². The Kier molecular flexibility index (Phi) is 6.63. The number of rotatable bonds is 5. The van der Waals surface area contributed by atoms with Crippen molar-refractivity contribution in [3.05, 3.63) is 30.1 Å². The van der Waals surface area contributed by atoms with E-state index in [0.29, 0.717) is 17.5 Å². The fourth-order valence-corrected chi connectivity index (χ4v) is 3.36. The van der Waals surface area contributed by atoms with Gasteiger partial charge in [0.25, 0.3) is 0 Å². The van der Waals surface area contributed by atoms with Crippen molar-refractivity contribution in [1.29, 1.82) is 0 Å². The van der Waals surface area contributed by atoms with Crippen molar-refractivity contribution < 1.29 is 4.74 Å². The zero-order valence-electron chi connectivity index (χ0n) is 15.3. The number of ether oxygens (including phenoxy) is 1. The topological polar surface area (TPSA) is 63.2 Å². The Balaban J connectivity index is 1.93. The summed E-state index contributed by atoms with van der Waals surface area (Å²) < 4.78 is 3.54. The molecule has 1 aliphatic rings.